The molecule has 2 rings (SSSR count). The molecule has 0 aromatic heterocycles. The standard InChI is InChI=1S/C17H18ClN3O/c1-11(19)21(2)16-9-8-14(22-3)10-15(16)17(20)12-4-6-13(18)7-5-12/h4-10,19-20H,1-3H3. The Morgan fingerprint density at radius 3 is 2.27 bits per heavy atom. The van der Waals surface area contributed by atoms with Crippen molar-refractivity contribution in [3.8, 4) is 5.75 Å². The number of anilines is 1. The fraction of sp³-hybridized carbons (Fsp3) is 0.176. The predicted molar refractivity (Wildman–Crippen MR) is 92.2 cm³/mol. The Balaban J connectivity index is 2.53. The Hall–Kier alpha value is -2.33. The maximum Gasteiger partial charge on any atom is 0.119 e. The van der Waals surface area contributed by atoms with Gasteiger partial charge in [0, 0.05) is 23.2 Å². The quantitative estimate of drug-likeness (QED) is 0.656. The molecule has 22 heavy (non-hydrogen) atoms. The van der Waals surface area contributed by atoms with Crippen LogP contribution in [0.1, 0.15) is 18.1 Å². The van der Waals surface area contributed by atoms with E-state index in [0.29, 0.717) is 27.9 Å². The van der Waals surface area contributed by atoms with E-state index < -0.39 is 0 Å². The van der Waals surface area contributed by atoms with Gasteiger partial charge in [-0.05, 0) is 37.3 Å². The number of benzene rings is 2. The monoisotopic (exact) mass is 315 g/mol. The van der Waals surface area contributed by atoms with Crippen molar-refractivity contribution in [2.24, 2.45) is 0 Å². The summed E-state index contributed by atoms with van der Waals surface area (Å²) in [6.45, 7) is 1.71. The number of ether oxygens (including phenoxy) is 1. The lowest BCUT2D eigenvalue weighted by atomic mass is 10.00. The van der Waals surface area contributed by atoms with E-state index >= 15 is 0 Å². The van der Waals surface area contributed by atoms with Crippen molar-refractivity contribution < 1.29 is 4.74 Å². The predicted octanol–water partition coefficient (Wildman–Crippen LogP) is 4.20. The highest BCUT2D eigenvalue weighted by Gasteiger charge is 2.15. The summed E-state index contributed by atoms with van der Waals surface area (Å²) < 4.78 is 5.27. The highest BCUT2D eigenvalue weighted by molar-refractivity contribution is 6.30. The molecular weight excluding hydrogens is 298 g/mol. The number of methoxy groups -OCH3 is 1. The van der Waals surface area contributed by atoms with Gasteiger partial charge in [0.2, 0.25) is 0 Å². The van der Waals surface area contributed by atoms with Crippen LogP contribution in [0, 0.1) is 10.8 Å². The van der Waals surface area contributed by atoms with E-state index in [0.717, 1.165) is 11.3 Å². The van der Waals surface area contributed by atoms with Crippen molar-refractivity contribution in [1.29, 1.82) is 10.8 Å². The van der Waals surface area contributed by atoms with Gasteiger partial charge in [0.1, 0.15) is 5.75 Å². The van der Waals surface area contributed by atoms with Crippen LogP contribution < -0.4 is 9.64 Å². The summed E-state index contributed by atoms with van der Waals surface area (Å²) >= 11 is 5.91. The van der Waals surface area contributed by atoms with Gasteiger partial charge in [0.15, 0.2) is 0 Å². The molecule has 0 aliphatic heterocycles. The Bertz CT molecular complexity index is 710. The van der Waals surface area contributed by atoms with Crippen molar-refractivity contribution in [2.45, 2.75) is 6.92 Å². The zero-order valence-electron chi connectivity index (χ0n) is 12.8. The van der Waals surface area contributed by atoms with Crippen LogP contribution >= 0.6 is 11.6 Å². The van der Waals surface area contributed by atoms with Crippen LogP contribution in [0.25, 0.3) is 0 Å². The van der Waals surface area contributed by atoms with Gasteiger partial charge < -0.3 is 9.64 Å². The van der Waals surface area contributed by atoms with E-state index in [9.17, 15) is 0 Å². The molecular formula is C17H18ClN3O. The molecule has 2 N–H and O–H groups in total. The van der Waals surface area contributed by atoms with Crippen LogP contribution in [0.2, 0.25) is 5.02 Å². The second-order valence-corrected chi connectivity index (χ2v) is 5.35. The molecule has 0 spiro atoms. The molecule has 0 aliphatic rings. The SMILES string of the molecule is COc1ccc(N(C)C(C)=N)c(C(=N)c2ccc(Cl)cc2)c1. The van der Waals surface area contributed by atoms with Crippen molar-refractivity contribution >= 4 is 28.8 Å². The highest BCUT2D eigenvalue weighted by atomic mass is 35.5. The summed E-state index contributed by atoms with van der Waals surface area (Å²) in [6, 6.07) is 12.6. The lowest BCUT2D eigenvalue weighted by molar-refractivity contribution is 0.415. The molecule has 0 bridgehead atoms. The van der Waals surface area contributed by atoms with E-state index in [1.807, 2.05) is 37.4 Å². The first kappa shape index (κ1) is 16.0. The van der Waals surface area contributed by atoms with E-state index in [4.69, 9.17) is 27.2 Å². The molecule has 0 fully saturated rings. The minimum absolute atomic E-state index is 0.360. The van der Waals surface area contributed by atoms with Gasteiger partial charge in [-0.25, -0.2) is 0 Å². The number of hydrogen-bond acceptors (Lipinski definition) is 3. The average Bonchev–Trinajstić information content (AvgIpc) is 2.53. The molecule has 2 aromatic rings. The summed E-state index contributed by atoms with van der Waals surface area (Å²) in [4.78, 5) is 1.74. The topological polar surface area (TPSA) is 60.2 Å². The van der Waals surface area contributed by atoms with Gasteiger partial charge in [0.25, 0.3) is 0 Å². The molecule has 5 heteroatoms. The van der Waals surface area contributed by atoms with Gasteiger partial charge >= 0.3 is 0 Å². The lowest BCUT2D eigenvalue weighted by Gasteiger charge is -2.22. The molecule has 0 heterocycles. The van der Waals surface area contributed by atoms with Crippen molar-refractivity contribution in [3.63, 3.8) is 0 Å². The Morgan fingerprint density at radius 1 is 1.09 bits per heavy atom. The highest BCUT2D eigenvalue weighted by Crippen LogP contribution is 2.27. The maximum atomic E-state index is 8.49. The van der Waals surface area contributed by atoms with Crippen LogP contribution in [-0.4, -0.2) is 25.7 Å². The summed E-state index contributed by atoms with van der Waals surface area (Å²) in [5, 5.41) is 16.9. The third kappa shape index (κ3) is 3.28. The zero-order chi connectivity index (χ0) is 16.3. The first-order valence-corrected chi connectivity index (χ1v) is 7.13. The summed E-state index contributed by atoms with van der Waals surface area (Å²) in [7, 11) is 3.40. The first-order valence-electron chi connectivity index (χ1n) is 6.76. The number of rotatable bonds is 4. The second-order valence-electron chi connectivity index (χ2n) is 4.91. The number of amidine groups is 1. The van der Waals surface area contributed by atoms with Gasteiger partial charge in [-0.3, -0.25) is 10.8 Å². The molecule has 0 atom stereocenters. The van der Waals surface area contributed by atoms with E-state index in [-0.39, 0.29) is 0 Å². The number of nitrogens with one attached hydrogen (secondary N) is 2. The fourth-order valence-electron chi connectivity index (χ4n) is 2.09. The molecule has 0 saturated heterocycles. The molecule has 0 saturated carbocycles. The van der Waals surface area contributed by atoms with Crippen LogP contribution in [0.15, 0.2) is 42.5 Å². The van der Waals surface area contributed by atoms with Gasteiger partial charge in [-0.1, -0.05) is 23.7 Å². The average molecular weight is 316 g/mol. The largest absolute Gasteiger partial charge is 0.497 e. The minimum Gasteiger partial charge on any atom is -0.497 e. The van der Waals surface area contributed by atoms with E-state index in [1.165, 1.54) is 0 Å². The van der Waals surface area contributed by atoms with Gasteiger partial charge in [-0.2, -0.15) is 0 Å². The maximum absolute atomic E-state index is 8.49. The normalized spacial score (nSPS) is 10.2. The van der Waals surface area contributed by atoms with E-state index in [2.05, 4.69) is 0 Å². The smallest absolute Gasteiger partial charge is 0.119 e. The summed E-state index contributed by atoms with van der Waals surface area (Å²) in [6.07, 6.45) is 0. The number of nitrogens with zero attached hydrogens (tertiary/aromatic N) is 1. The first-order chi connectivity index (χ1) is 10.4. The summed E-state index contributed by atoms with van der Waals surface area (Å²) in [5.41, 5.74) is 2.61. The minimum atomic E-state index is 0.360. The zero-order valence-corrected chi connectivity index (χ0v) is 13.5. The van der Waals surface area contributed by atoms with Crippen molar-refractivity contribution in [3.05, 3.63) is 58.6 Å². The molecule has 0 unspecified atom stereocenters. The van der Waals surface area contributed by atoms with Gasteiger partial charge in [0.05, 0.1) is 24.3 Å². The van der Waals surface area contributed by atoms with Crippen molar-refractivity contribution in [2.75, 3.05) is 19.1 Å². The van der Waals surface area contributed by atoms with Crippen LogP contribution in [0.3, 0.4) is 0 Å². The molecule has 0 amide bonds. The Labute approximate surface area is 135 Å². The molecule has 0 aliphatic carbocycles. The third-order valence-corrected chi connectivity index (χ3v) is 3.72. The van der Waals surface area contributed by atoms with Gasteiger partial charge in [-0.15, -0.1) is 0 Å². The Kier molecular flexibility index (Phi) is 4.83. The molecule has 114 valence electrons. The van der Waals surface area contributed by atoms with E-state index in [1.54, 1.807) is 31.1 Å². The third-order valence-electron chi connectivity index (χ3n) is 3.47. The summed E-state index contributed by atoms with van der Waals surface area (Å²) in [5.74, 6) is 1.07. The molecule has 0 radical (unpaired) electrons. The number of halogens is 1. The second kappa shape index (κ2) is 6.62. The number of hydrogen-bond donors (Lipinski definition) is 2. The Morgan fingerprint density at radius 2 is 1.73 bits per heavy atom. The fourth-order valence-corrected chi connectivity index (χ4v) is 2.21. The van der Waals surface area contributed by atoms with Crippen LogP contribution in [-0.2, 0) is 0 Å². The molecule has 2 aromatic carbocycles. The van der Waals surface area contributed by atoms with Crippen molar-refractivity contribution in [1.82, 2.24) is 0 Å². The van der Waals surface area contributed by atoms with Crippen LogP contribution in [0.4, 0.5) is 5.69 Å². The molecule has 4 nitrogen and oxygen atoms in total. The van der Waals surface area contributed by atoms with Crippen LogP contribution in [0.5, 0.6) is 5.75 Å². The lowest BCUT2D eigenvalue weighted by Crippen LogP contribution is -2.24.